The number of methoxy groups -OCH3 is 2. The molecule has 0 radical (unpaired) electrons. The van der Waals surface area contributed by atoms with Gasteiger partial charge in [-0.05, 0) is 47.4 Å². The topological polar surface area (TPSA) is 139 Å². The molecule has 252 valence electrons. The molecule has 4 aromatic rings. The first-order valence-electron chi connectivity index (χ1n) is 14.5. The Bertz CT molecular complexity index is 1630. The van der Waals surface area contributed by atoms with E-state index in [0.717, 1.165) is 46.7 Å². The molecule has 1 atom stereocenters. The SMILES string of the molecule is CC.CC.CN(S(C)(=O)=O)S(C)(=O)=O.COc1ccc(C(Cc2cc[n+]([O-])cc2)c2ccc(Oc3ccccc3)nc2)cc1OC. The van der Waals surface area contributed by atoms with E-state index in [9.17, 15) is 22.0 Å². The fourth-order valence-electron chi connectivity index (χ4n) is 3.83. The summed E-state index contributed by atoms with van der Waals surface area (Å²) in [5.41, 5.74) is 3.12. The average Bonchev–Trinajstić information content (AvgIpc) is 3.06. The fourth-order valence-corrected chi connectivity index (χ4v) is 5.79. The first-order valence-corrected chi connectivity index (χ1v) is 18.2. The Morgan fingerprint density at radius 3 is 1.78 bits per heavy atom. The van der Waals surface area contributed by atoms with Gasteiger partial charge >= 0.3 is 0 Å². The quantitative estimate of drug-likeness (QED) is 0.151. The highest BCUT2D eigenvalue weighted by atomic mass is 32.3. The summed E-state index contributed by atoms with van der Waals surface area (Å²) in [7, 11) is -3.00. The summed E-state index contributed by atoms with van der Waals surface area (Å²) in [6, 6.07) is 23.0. The van der Waals surface area contributed by atoms with Crippen LogP contribution in [-0.2, 0) is 26.5 Å². The number of rotatable bonds is 10. The lowest BCUT2D eigenvalue weighted by atomic mass is 9.87. The van der Waals surface area contributed by atoms with E-state index < -0.39 is 20.0 Å². The standard InChI is InChI=1S/C26H24N2O4.C3H9NO4S2.2C2H6/c1-30-24-10-8-20(17-25(24)31-2)23(16-19-12-14-28(29)15-13-19)21-9-11-26(27-18-21)32-22-6-4-3-5-7-22;1-4(9(2,5)6)10(3,7)8;2*1-2/h3-15,17-18,23H,16H2,1-2H3;1-3H3;2*1-2H3. The van der Waals surface area contributed by atoms with E-state index >= 15 is 0 Å². The van der Waals surface area contributed by atoms with Gasteiger partial charge in [0, 0.05) is 37.4 Å². The number of benzene rings is 2. The average molecular weight is 676 g/mol. The van der Waals surface area contributed by atoms with Crippen LogP contribution in [0.4, 0.5) is 0 Å². The third-order valence-corrected chi connectivity index (χ3v) is 9.68. The monoisotopic (exact) mass is 675 g/mol. The van der Waals surface area contributed by atoms with Gasteiger partial charge in [-0.15, -0.1) is 0 Å². The normalized spacial score (nSPS) is 11.3. The van der Waals surface area contributed by atoms with Crippen LogP contribution in [0.15, 0.2) is 91.4 Å². The number of hydrogen-bond acceptors (Lipinski definition) is 9. The second-order valence-electron chi connectivity index (χ2n) is 9.19. The van der Waals surface area contributed by atoms with Crippen LogP contribution in [0, 0.1) is 5.21 Å². The number of pyridine rings is 2. The lowest BCUT2D eigenvalue weighted by molar-refractivity contribution is -0.605. The molecule has 0 N–H and O–H groups in total. The third kappa shape index (κ3) is 12.7. The molecule has 0 saturated heterocycles. The molecule has 4 rings (SSSR count). The second-order valence-corrected chi connectivity index (χ2v) is 13.4. The van der Waals surface area contributed by atoms with Gasteiger partial charge in [0.1, 0.15) is 5.75 Å². The molecule has 0 fully saturated rings. The van der Waals surface area contributed by atoms with Crippen molar-refractivity contribution in [2.45, 2.75) is 40.0 Å². The first-order chi connectivity index (χ1) is 21.8. The molecule has 0 aliphatic rings. The van der Waals surface area contributed by atoms with Gasteiger partial charge in [0.15, 0.2) is 23.9 Å². The van der Waals surface area contributed by atoms with Crippen molar-refractivity contribution < 1.29 is 35.8 Å². The third-order valence-electron chi connectivity index (χ3n) is 6.18. The number of sulfonamides is 2. The highest BCUT2D eigenvalue weighted by Crippen LogP contribution is 2.35. The molecule has 11 nitrogen and oxygen atoms in total. The first kappa shape index (κ1) is 39.8. The van der Waals surface area contributed by atoms with Crippen molar-refractivity contribution in [3.05, 3.63) is 113 Å². The summed E-state index contributed by atoms with van der Waals surface area (Å²) >= 11 is 0. The maximum Gasteiger partial charge on any atom is 0.223 e. The van der Waals surface area contributed by atoms with E-state index in [0.29, 0.717) is 27.5 Å². The van der Waals surface area contributed by atoms with Crippen LogP contribution in [0.3, 0.4) is 0 Å². The van der Waals surface area contributed by atoms with Crippen LogP contribution in [0.2, 0.25) is 0 Å². The molecule has 0 saturated carbocycles. The zero-order chi connectivity index (χ0) is 34.9. The van der Waals surface area contributed by atoms with Gasteiger partial charge in [0.2, 0.25) is 25.9 Å². The van der Waals surface area contributed by atoms with E-state index in [1.807, 2.05) is 107 Å². The van der Waals surface area contributed by atoms with Gasteiger partial charge in [-0.2, -0.15) is 4.73 Å². The van der Waals surface area contributed by atoms with Gasteiger partial charge in [-0.25, -0.2) is 21.8 Å². The predicted molar refractivity (Wildman–Crippen MR) is 181 cm³/mol. The summed E-state index contributed by atoms with van der Waals surface area (Å²) in [5, 5.41) is 11.5. The Kier molecular flexibility index (Phi) is 16.7. The largest absolute Gasteiger partial charge is 0.619 e. The van der Waals surface area contributed by atoms with Crippen LogP contribution in [0.1, 0.15) is 50.3 Å². The second kappa shape index (κ2) is 19.3. The van der Waals surface area contributed by atoms with Crippen LogP contribution in [0.25, 0.3) is 0 Å². The van der Waals surface area contributed by atoms with Crippen LogP contribution in [0.5, 0.6) is 23.1 Å². The molecule has 1 unspecified atom stereocenters. The Labute approximate surface area is 274 Å². The van der Waals surface area contributed by atoms with Crippen molar-refractivity contribution in [3.8, 4) is 23.1 Å². The van der Waals surface area contributed by atoms with Crippen molar-refractivity contribution in [1.82, 2.24) is 8.69 Å². The van der Waals surface area contributed by atoms with Gasteiger partial charge < -0.3 is 19.4 Å². The van der Waals surface area contributed by atoms with Gasteiger partial charge in [0.25, 0.3) is 0 Å². The van der Waals surface area contributed by atoms with E-state index in [1.165, 1.54) is 12.4 Å². The molecule has 0 aliphatic heterocycles. The van der Waals surface area contributed by atoms with Gasteiger partial charge in [-0.3, -0.25) is 0 Å². The molecule has 0 amide bonds. The van der Waals surface area contributed by atoms with E-state index in [1.54, 1.807) is 14.2 Å². The lowest BCUT2D eigenvalue weighted by Crippen LogP contribution is -2.31. The summed E-state index contributed by atoms with van der Waals surface area (Å²) in [6.45, 7) is 8.00. The molecule has 0 aliphatic carbocycles. The Hall–Kier alpha value is -4.20. The van der Waals surface area contributed by atoms with Crippen molar-refractivity contribution in [2.24, 2.45) is 0 Å². The summed E-state index contributed by atoms with van der Waals surface area (Å²) in [4.78, 5) is 4.52. The predicted octanol–water partition coefficient (Wildman–Crippen LogP) is 5.79. The Morgan fingerprint density at radius 1 is 0.783 bits per heavy atom. The fraction of sp³-hybridized carbons (Fsp3) is 0.333. The molecule has 2 aromatic heterocycles. The Balaban J connectivity index is 0.000000643. The molecular formula is C33H45N3O8S2. The summed E-state index contributed by atoms with van der Waals surface area (Å²) < 4.78 is 59.9. The molecule has 13 heteroatoms. The maximum atomic E-state index is 11.5. The number of aromatic nitrogens is 2. The number of ether oxygens (including phenoxy) is 3. The lowest BCUT2D eigenvalue weighted by Gasteiger charge is -2.20. The minimum atomic E-state index is -3.62. The molecule has 0 spiro atoms. The molecule has 46 heavy (non-hydrogen) atoms. The van der Waals surface area contributed by atoms with Gasteiger partial charge in [0.05, 0.1) is 26.7 Å². The number of nitrogens with zero attached hydrogens (tertiary/aromatic N) is 3. The maximum absolute atomic E-state index is 11.5. The van der Waals surface area contributed by atoms with Crippen molar-refractivity contribution in [2.75, 3.05) is 33.8 Å². The minimum absolute atomic E-state index is 0.00409. The van der Waals surface area contributed by atoms with E-state index in [-0.39, 0.29) is 5.92 Å². The molecule has 2 heterocycles. The molecule has 2 aromatic carbocycles. The van der Waals surface area contributed by atoms with Crippen molar-refractivity contribution in [1.29, 1.82) is 0 Å². The summed E-state index contributed by atoms with van der Waals surface area (Å²) in [5.74, 6) is 2.59. The van der Waals surface area contributed by atoms with Crippen LogP contribution in [-0.4, -0.2) is 59.3 Å². The van der Waals surface area contributed by atoms with E-state index in [2.05, 4.69) is 4.98 Å². The zero-order valence-electron chi connectivity index (χ0n) is 27.9. The minimum Gasteiger partial charge on any atom is -0.619 e. The number of para-hydroxylation sites is 1. The van der Waals surface area contributed by atoms with E-state index in [4.69, 9.17) is 14.2 Å². The van der Waals surface area contributed by atoms with Crippen molar-refractivity contribution in [3.63, 3.8) is 0 Å². The zero-order valence-corrected chi connectivity index (χ0v) is 29.5. The summed E-state index contributed by atoms with van der Waals surface area (Å²) in [6.07, 6.45) is 7.20. The number of hydrogen-bond donors (Lipinski definition) is 0. The van der Waals surface area contributed by atoms with Crippen LogP contribution < -0.4 is 18.9 Å². The highest BCUT2D eigenvalue weighted by molar-refractivity contribution is 8.03. The molecule has 0 bridgehead atoms. The van der Waals surface area contributed by atoms with Crippen LogP contribution >= 0.6 is 0 Å². The van der Waals surface area contributed by atoms with Crippen molar-refractivity contribution >= 4 is 20.0 Å². The molecular weight excluding hydrogens is 631 g/mol. The van der Waals surface area contributed by atoms with Gasteiger partial charge in [-0.1, -0.05) is 61.7 Å². The smallest absolute Gasteiger partial charge is 0.223 e. The Morgan fingerprint density at radius 2 is 1.33 bits per heavy atom. The highest BCUT2D eigenvalue weighted by Gasteiger charge is 2.21.